The lowest BCUT2D eigenvalue weighted by atomic mass is 9.94. The molecule has 34 heavy (non-hydrogen) atoms. The third-order valence-corrected chi connectivity index (χ3v) is 5.56. The normalized spacial score (nSPS) is 17.6. The Labute approximate surface area is 202 Å². The molecule has 0 radical (unpaired) electrons. The molecule has 0 bridgehead atoms. The van der Waals surface area contributed by atoms with E-state index in [4.69, 9.17) is 9.47 Å². The molecule has 6 heteroatoms. The Bertz CT molecular complexity index is 1060. The molecule has 0 saturated carbocycles. The van der Waals surface area contributed by atoms with Crippen LogP contribution in [-0.2, 0) is 9.59 Å². The van der Waals surface area contributed by atoms with Crippen molar-refractivity contribution in [1.82, 2.24) is 4.90 Å². The van der Waals surface area contributed by atoms with E-state index in [-0.39, 0.29) is 17.4 Å². The Morgan fingerprint density at radius 2 is 1.79 bits per heavy atom. The maximum atomic E-state index is 13.2. The van der Waals surface area contributed by atoms with E-state index in [1.54, 1.807) is 23.1 Å². The minimum absolute atomic E-state index is 0.0712. The molecule has 1 fully saturated rings. The number of aliphatic hydroxyl groups excluding tert-OH is 1. The minimum Gasteiger partial charge on any atom is -0.507 e. The van der Waals surface area contributed by atoms with E-state index < -0.39 is 17.7 Å². The fourth-order valence-corrected chi connectivity index (χ4v) is 3.98. The maximum Gasteiger partial charge on any atom is 0.295 e. The van der Waals surface area contributed by atoms with Gasteiger partial charge >= 0.3 is 0 Å². The summed E-state index contributed by atoms with van der Waals surface area (Å²) in [4.78, 5) is 27.9. The van der Waals surface area contributed by atoms with Gasteiger partial charge in [-0.3, -0.25) is 9.59 Å². The number of ketones is 1. The van der Waals surface area contributed by atoms with E-state index in [1.165, 1.54) is 0 Å². The third kappa shape index (κ3) is 5.61. The molecule has 1 N–H and O–H groups in total. The van der Waals surface area contributed by atoms with Gasteiger partial charge in [-0.1, -0.05) is 57.5 Å². The first-order valence-electron chi connectivity index (χ1n) is 12.0. The number of hydrogen-bond donors (Lipinski definition) is 1. The molecule has 0 aromatic heterocycles. The molecule has 1 amide bonds. The van der Waals surface area contributed by atoms with Crippen LogP contribution in [0.2, 0.25) is 0 Å². The standard InChI is InChI=1S/C28H35NO5/c1-6-7-15-29-25(22-13-8-9-14-23(22)34-19(4)5)24(27(31)28(29)32)26(30)20-11-10-12-21(16-20)33-17-18(2)3/h8-14,16,18-19,25,30H,6-7,15,17H2,1-5H3/b26-24-. The number of amides is 1. The summed E-state index contributed by atoms with van der Waals surface area (Å²) in [5, 5.41) is 11.3. The summed E-state index contributed by atoms with van der Waals surface area (Å²) >= 11 is 0. The number of likely N-dealkylation sites (tertiary alicyclic amines) is 1. The van der Waals surface area contributed by atoms with Crippen molar-refractivity contribution in [3.8, 4) is 11.5 Å². The van der Waals surface area contributed by atoms with Crippen molar-refractivity contribution >= 4 is 17.4 Å². The van der Waals surface area contributed by atoms with Crippen molar-refractivity contribution < 1.29 is 24.2 Å². The van der Waals surface area contributed by atoms with Gasteiger partial charge in [-0.25, -0.2) is 0 Å². The Balaban J connectivity index is 2.14. The van der Waals surface area contributed by atoms with Crippen molar-refractivity contribution in [2.75, 3.05) is 13.2 Å². The molecule has 6 nitrogen and oxygen atoms in total. The zero-order valence-corrected chi connectivity index (χ0v) is 20.7. The van der Waals surface area contributed by atoms with Gasteiger partial charge in [-0.05, 0) is 44.4 Å². The van der Waals surface area contributed by atoms with E-state index in [0.29, 0.717) is 41.7 Å². The van der Waals surface area contributed by atoms with E-state index in [1.807, 2.05) is 51.1 Å². The van der Waals surface area contributed by atoms with Gasteiger partial charge in [0.05, 0.1) is 24.3 Å². The van der Waals surface area contributed by atoms with Crippen LogP contribution >= 0.6 is 0 Å². The summed E-state index contributed by atoms with van der Waals surface area (Å²) in [6.45, 7) is 10.9. The number of rotatable bonds is 10. The maximum absolute atomic E-state index is 13.2. The number of aliphatic hydroxyl groups is 1. The molecular weight excluding hydrogens is 430 g/mol. The van der Waals surface area contributed by atoms with Gasteiger partial charge < -0.3 is 19.5 Å². The Hall–Kier alpha value is -3.28. The Morgan fingerprint density at radius 1 is 1.06 bits per heavy atom. The fraction of sp³-hybridized carbons (Fsp3) is 0.429. The van der Waals surface area contributed by atoms with Crippen LogP contribution in [0.3, 0.4) is 0 Å². The molecule has 182 valence electrons. The number of benzene rings is 2. The molecule has 1 unspecified atom stereocenters. The monoisotopic (exact) mass is 465 g/mol. The highest BCUT2D eigenvalue weighted by atomic mass is 16.5. The lowest BCUT2D eigenvalue weighted by Crippen LogP contribution is -2.31. The molecule has 1 aliphatic rings. The predicted octanol–water partition coefficient (Wildman–Crippen LogP) is 5.73. The molecule has 1 atom stereocenters. The summed E-state index contributed by atoms with van der Waals surface area (Å²) in [5.74, 6) is 0.0252. The summed E-state index contributed by atoms with van der Waals surface area (Å²) in [6, 6.07) is 13.6. The second kappa shape index (κ2) is 11.2. The average Bonchev–Trinajstić information content (AvgIpc) is 3.05. The largest absolute Gasteiger partial charge is 0.507 e. The van der Waals surface area contributed by atoms with Crippen LogP contribution in [0.4, 0.5) is 0 Å². The van der Waals surface area contributed by atoms with E-state index in [9.17, 15) is 14.7 Å². The lowest BCUT2D eigenvalue weighted by molar-refractivity contribution is -0.139. The Kier molecular flexibility index (Phi) is 8.37. The molecular formula is C28H35NO5. The molecule has 0 spiro atoms. The number of unbranched alkanes of at least 4 members (excludes halogenated alkanes) is 1. The second-order valence-corrected chi connectivity index (χ2v) is 9.28. The number of nitrogens with zero attached hydrogens (tertiary/aromatic N) is 1. The first kappa shape index (κ1) is 25.3. The summed E-state index contributed by atoms with van der Waals surface area (Å²) in [7, 11) is 0. The molecule has 1 saturated heterocycles. The van der Waals surface area contributed by atoms with Gasteiger partial charge in [-0.15, -0.1) is 0 Å². The van der Waals surface area contributed by atoms with E-state index in [0.717, 1.165) is 12.8 Å². The van der Waals surface area contributed by atoms with E-state index >= 15 is 0 Å². The summed E-state index contributed by atoms with van der Waals surface area (Å²) < 4.78 is 11.8. The van der Waals surface area contributed by atoms with Gasteiger partial charge in [-0.2, -0.15) is 0 Å². The third-order valence-electron chi connectivity index (χ3n) is 5.56. The smallest absolute Gasteiger partial charge is 0.295 e. The van der Waals surface area contributed by atoms with Gasteiger partial charge in [0.1, 0.15) is 17.3 Å². The van der Waals surface area contributed by atoms with Crippen LogP contribution in [0.15, 0.2) is 54.1 Å². The molecule has 2 aromatic carbocycles. The van der Waals surface area contributed by atoms with Crippen molar-refractivity contribution in [2.24, 2.45) is 5.92 Å². The van der Waals surface area contributed by atoms with Crippen LogP contribution in [0.25, 0.3) is 5.76 Å². The van der Waals surface area contributed by atoms with Crippen LogP contribution in [0.1, 0.15) is 64.6 Å². The number of hydrogen-bond acceptors (Lipinski definition) is 5. The molecule has 0 aliphatic carbocycles. The van der Waals surface area contributed by atoms with Gasteiger partial charge in [0.15, 0.2) is 0 Å². The van der Waals surface area contributed by atoms with Crippen LogP contribution in [0.5, 0.6) is 11.5 Å². The van der Waals surface area contributed by atoms with Crippen molar-refractivity contribution in [2.45, 2.75) is 59.6 Å². The van der Waals surface area contributed by atoms with Crippen LogP contribution in [0, 0.1) is 5.92 Å². The van der Waals surface area contributed by atoms with Gasteiger partial charge in [0.2, 0.25) is 0 Å². The van der Waals surface area contributed by atoms with Crippen molar-refractivity contribution in [3.05, 3.63) is 65.2 Å². The highest BCUT2D eigenvalue weighted by Gasteiger charge is 2.46. The highest BCUT2D eigenvalue weighted by molar-refractivity contribution is 6.46. The topological polar surface area (TPSA) is 76.1 Å². The number of Topliss-reactive ketones (excluding diaryl/α,β-unsaturated/α-hetero) is 1. The van der Waals surface area contributed by atoms with Gasteiger partial charge in [0, 0.05) is 17.7 Å². The van der Waals surface area contributed by atoms with Crippen LogP contribution in [-0.4, -0.2) is 41.0 Å². The number of ether oxygens (including phenoxy) is 2. The number of carbonyl (C=O) groups excluding carboxylic acids is 2. The number of para-hydroxylation sites is 1. The molecule has 3 rings (SSSR count). The first-order chi connectivity index (χ1) is 16.2. The zero-order valence-electron chi connectivity index (χ0n) is 20.7. The molecule has 1 aliphatic heterocycles. The highest BCUT2D eigenvalue weighted by Crippen LogP contribution is 2.43. The van der Waals surface area contributed by atoms with Crippen molar-refractivity contribution in [1.29, 1.82) is 0 Å². The predicted molar refractivity (Wildman–Crippen MR) is 133 cm³/mol. The Morgan fingerprint density at radius 3 is 2.47 bits per heavy atom. The van der Waals surface area contributed by atoms with Crippen molar-refractivity contribution in [3.63, 3.8) is 0 Å². The zero-order chi connectivity index (χ0) is 24.8. The minimum atomic E-state index is -0.735. The second-order valence-electron chi connectivity index (χ2n) is 9.28. The van der Waals surface area contributed by atoms with Crippen LogP contribution < -0.4 is 9.47 Å². The average molecular weight is 466 g/mol. The van der Waals surface area contributed by atoms with Gasteiger partial charge in [0.25, 0.3) is 11.7 Å². The molecule has 2 aromatic rings. The first-order valence-corrected chi connectivity index (χ1v) is 12.0. The summed E-state index contributed by atoms with van der Waals surface area (Å²) in [5.41, 5.74) is 1.18. The van der Waals surface area contributed by atoms with E-state index in [2.05, 4.69) is 13.8 Å². The molecule has 1 heterocycles. The summed E-state index contributed by atoms with van der Waals surface area (Å²) in [6.07, 6.45) is 1.53. The number of carbonyl (C=O) groups is 2. The SMILES string of the molecule is CCCCN1C(=O)C(=O)/C(=C(\O)c2cccc(OCC(C)C)c2)C1c1ccccc1OC(C)C. The quantitative estimate of drug-likeness (QED) is 0.275. The lowest BCUT2D eigenvalue weighted by Gasteiger charge is -2.27. The fourth-order valence-electron chi connectivity index (χ4n) is 3.98.